The summed E-state index contributed by atoms with van der Waals surface area (Å²) in [4.78, 5) is 6.40. The maximum Gasteiger partial charge on any atom is 0.123 e. The number of nitrogens with two attached hydrogens (primary N) is 1. The zero-order valence-corrected chi connectivity index (χ0v) is 10.0. The Morgan fingerprint density at radius 2 is 2.19 bits per heavy atom. The summed E-state index contributed by atoms with van der Waals surface area (Å²) >= 11 is 0. The molecule has 0 aliphatic heterocycles. The van der Waals surface area contributed by atoms with Crippen molar-refractivity contribution in [3.63, 3.8) is 0 Å². The Hall–Kier alpha value is -1.29. The third-order valence-electron chi connectivity index (χ3n) is 3.64. The van der Waals surface area contributed by atoms with E-state index >= 15 is 0 Å². The maximum atomic E-state index is 5.55. The number of anilines is 2. The summed E-state index contributed by atoms with van der Waals surface area (Å²) in [5, 5.41) is 3.44. The van der Waals surface area contributed by atoms with E-state index in [1.807, 2.05) is 12.1 Å². The Morgan fingerprint density at radius 1 is 1.44 bits per heavy atom. The highest BCUT2D eigenvalue weighted by Crippen LogP contribution is 2.36. The third-order valence-corrected chi connectivity index (χ3v) is 3.64. The summed E-state index contributed by atoms with van der Waals surface area (Å²) in [7, 11) is 4.31. The molecule has 0 amide bonds. The molecule has 1 aliphatic carbocycles. The van der Waals surface area contributed by atoms with Crippen LogP contribution in [-0.4, -0.2) is 36.1 Å². The zero-order valence-electron chi connectivity index (χ0n) is 10.0. The second-order valence-electron chi connectivity index (χ2n) is 4.80. The Kier molecular flexibility index (Phi) is 3.01. The minimum Gasteiger partial charge on any atom is -0.384 e. The minimum atomic E-state index is 0.335. The predicted molar refractivity (Wildman–Crippen MR) is 67.4 cm³/mol. The van der Waals surface area contributed by atoms with Gasteiger partial charge in [-0.05, 0) is 45.5 Å². The Labute approximate surface area is 96.8 Å². The summed E-state index contributed by atoms with van der Waals surface area (Å²) in [6.45, 7) is 0.978. The van der Waals surface area contributed by atoms with Crippen molar-refractivity contribution in [1.29, 1.82) is 0 Å². The molecule has 0 bridgehead atoms. The molecule has 2 rings (SSSR count). The van der Waals surface area contributed by atoms with Crippen molar-refractivity contribution in [1.82, 2.24) is 9.88 Å². The molecular formula is C12H20N4. The molecule has 1 aromatic rings. The Morgan fingerprint density at radius 3 is 2.62 bits per heavy atom. The average molecular weight is 220 g/mol. The molecule has 0 atom stereocenters. The standard InChI is InChI=1S/C12H20N4/c1-16(2)12(6-3-7-12)9-15-10-4-5-11(13)14-8-10/h4-5,8,15H,3,6-7,9H2,1-2H3,(H2,13,14). The number of aromatic nitrogens is 1. The highest BCUT2D eigenvalue weighted by Gasteiger charge is 2.38. The molecule has 0 radical (unpaired) electrons. The van der Waals surface area contributed by atoms with E-state index in [1.165, 1.54) is 19.3 Å². The lowest BCUT2D eigenvalue weighted by molar-refractivity contribution is 0.0739. The summed E-state index contributed by atoms with van der Waals surface area (Å²) in [5.41, 5.74) is 6.93. The van der Waals surface area contributed by atoms with Crippen LogP contribution in [-0.2, 0) is 0 Å². The van der Waals surface area contributed by atoms with Gasteiger partial charge in [-0.2, -0.15) is 0 Å². The monoisotopic (exact) mass is 220 g/mol. The van der Waals surface area contributed by atoms with Crippen LogP contribution >= 0.6 is 0 Å². The number of nitrogens with one attached hydrogen (secondary N) is 1. The van der Waals surface area contributed by atoms with Crippen LogP contribution < -0.4 is 11.1 Å². The second kappa shape index (κ2) is 4.29. The van der Waals surface area contributed by atoms with Crippen molar-refractivity contribution in [2.75, 3.05) is 31.7 Å². The van der Waals surface area contributed by atoms with Crippen molar-refractivity contribution in [3.05, 3.63) is 18.3 Å². The summed E-state index contributed by atoms with van der Waals surface area (Å²) in [6.07, 6.45) is 5.67. The molecule has 4 nitrogen and oxygen atoms in total. The highest BCUT2D eigenvalue weighted by molar-refractivity contribution is 5.45. The van der Waals surface area contributed by atoms with Gasteiger partial charge in [0.05, 0.1) is 11.9 Å². The molecule has 0 saturated heterocycles. The lowest BCUT2D eigenvalue weighted by Crippen LogP contribution is -2.54. The molecule has 4 heteroatoms. The topological polar surface area (TPSA) is 54.2 Å². The number of nitrogens with zero attached hydrogens (tertiary/aromatic N) is 2. The van der Waals surface area contributed by atoms with E-state index in [0.29, 0.717) is 11.4 Å². The lowest BCUT2D eigenvalue weighted by Gasteiger charge is -2.47. The lowest BCUT2D eigenvalue weighted by atomic mass is 9.75. The van der Waals surface area contributed by atoms with Crippen LogP contribution in [0.4, 0.5) is 11.5 Å². The molecule has 0 aromatic carbocycles. The predicted octanol–water partition coefficient (Wildman–Crippen LogP) is 1.56. The van der Waals surface area contributed by atoms with Gasteiger partial charge >= 0.3 is 0 Å². The first-order valence-corrected chi connectivity index (χ1v) is 5.75. The Bertz CT molecular complexity index is 341. The van der Waals surface area contributed by atoms with Crippen LogP contribution in [0.1, 0.15) is 19.3 Å². The third kappa shape index (κ3) is 2.11. The molecule has 0 unspecified atom stereocenters. The zero-order chi connectivity index (χ0) is 11.6. The van der Waals surface area contributed by atoms with Crippen LogP contribution in [0.25, 0.3) is 0 Å². The molecule has 1 aromatic heterocycles. The SMILES string of the molecule is CN(C)C1(CNc2ccc(N)nc2)CCC1. The van der Waals surface area contributed by atoms with E-state index in [9.17, 15) is 0 Å². The molecular weight excluding hydrogens is 200 g/mol. The normalized spacial score (nSPS) is 18.2. The van der Waals surface area contributed by atoms with Crippen molar-refractivity contribution in [2.24, 2.45) is 0 Å². The number of hydrogen-bond acceptors (Lipinski definition) is 4. The Balaban J connectivity index is 1.93. The molecule has 88 valence electrons. The number of likely N-dealkylation sites (N-methyl/N-ethyl adjacent to an activating group) is 1. The first kappa shape index (κ1) is 11.2. The average Bonchev–Trinajstić information content (AvgIpc) is 2.18. The van der Waals surface area contributed by atoms with Gasteiger partial charge in [0.1, 0.15) is 5.82 Å². The fraction of sp³-hybridized carbons (Fsp3) is 0.583. The summed E-state index contributed by atoms with van der Waals surface area (Å²) in [6, 6.07) is 3.80. The van der Waals surface area contributed by atoms with Crippen LogP contribution in [0.15, 0.2) is 18.3 Å². The first-order valence-electron chi connectivity index (χ1n) is 5.75. The van der Waals surface area contributed by atoms with Gasteiger partial charge in [-0.25, -0.2) is 4.98 Å². The fourth-order valence-corrected chi connectivity index (χ4v) is 2.14. The van der Waals surface area contributed by atoms with Gasteiger partial charge in [-0.3, -0.25) is 0 Å². The van der Waals surface area contributed by atoms with Gasteiger partial charge in [-0.1, -0.05) is 0 Å². The van der Waals surface area contributed by atoms with Crippen LogP contribution in [0.5, 0.6) is 0 Å². The van der Waals surface area contributed by atoms with Crippen LogP contribution in [0, 0.1) is 0 Å². The van der Waals surface area contributed by atoms with E-state index in [-0.39, 0.29) is 0 Å². The van der Waals surface area contributed by atoms with E-state index in [2.05, 4.69) is 29.3 Å². The maximum absolute atomic E-state index is 5.55. The molecule has 1 fully saturated rings. The van der Waals surface area contributed by atoms with Crippen LogP contribution in [0.3, 0.4) is 0 Å². The van der Waals surface area contributed by atoms with Gasteiger partial charge in [0.25, 0.3) is 0 Å². The van der Waals surface area contributed by atoms with Crippen molar-refractivity contribution >= 4 is 11.5 Å². The number of rotatable bonds is 4. The second-order valence-corrected chi connectivity index (χ2v) is 4.80. The molecule has 1 heterocycles. The quantitative estimate of drug-likeness (QED) is 0.808. The smallest absolute Gasteiger partial charge is 0.123 e. The van der Waals surface area contributed by atoms with Gasteiger partial charge in [0, 0.05) is 12.1 Å². The largest absolute Gasteiger partial charge is 0.384 e. The molecule has 1 aliphatic rings. The molecule has 16 heavy (non-hydrogen) atoms. The van der Waals surface area contributed by atoms with Crippen molar-refractivity contribution < 1.29 is 0 Å². The van der Waals surface area contributed by atoms with Crippen LogP contribution in [0.2, 0.25) is 0 Å². The molecule has 3 N–H and O–H groups in total. The number of pyridine rings is 1. The number of hydrogen-bond donors (Lipinski definition) is 2. The van der Waals surface area contributed by atoms with E-state index in [4.69, 9.17) is 5.73 Å². The molecule has 1 saturated carbocycles. The van der Waals surface area contributed by atoms with Gasteiger partial charge in [0.15, 0.2) is 0 Å². The highest BCUT2D eigenvalue weighted by atomic mass is 15.2. The van der Waals surface area contributed by atoms with Crippen molar-refractivity contribution in [2.45, 2.75) is 24.8 Å². The summed E-state index contributed by atoms with van der Waals surface area (Å²) in [5.74, 6) is 0.566. The van der Waals surface area contributed by atoms with E-state index in [0.717, 1.165) is 12.2 Å². The van der Waals surface area contributed by atoms with E-state index < -0.39 is 0 Å². The minimum absolute atomic E-state index is 0.335. The van der Waals surface area contributed by atoms with Gasteiger partial charge < -0.3 is 16.0 Å². The fourth-order valence-electron chi connectivity index (χ4n) is 2.14. The van der Waals surface area contributed by atoms with Gasteiger partial charge in [-0.15, -0.1) is 0 Å². The van der Waals surface area contributed by atoms with Gasteiger partial charge in [0.2, 0.25) is 0 Å². The van der Waals surface area contributed by atoms with E-state index in [1.54, 1.807) is 6.20 Å². The first-order chi connectivity index (χ1) is 7.62. The summed E-state index contributed by atoms with van der Waals surface area (Å²) < 4.78 is 0. The number of nitrogen functional groups attached to an aromatic ring is 1. The van der Waals surface area contributed by atoms with Crippen molar-refractivity contribution in [3.8, 4) is 0 Å². The molecule has 0 spiro atoms.